The standard InChI is InChI=1S/C16H18N2O3S/c1-12-3-2-4-15(9-12)16(19)18-10-13-5-7-14(8-6-13)11-22(17,20)21/h2-9H,10-11H2,1H3,(H,18,19)(H2,17,20,21). The molecule has 0 fully saturated rings. The van der Waals surface area contributed by atoms with Crippen molar-refractivity contribution in [2.45, 2.75) is 19.2 Å². The number of carbonyl (C=O) groups is 1. The smallest absolute Gasteiger partial charge is 0.251 e. The number of amides is 1. The van der Waals surface area contributed by atoms with Gasteiger partial charge >= 0.3 is 0 Å². The van der Waals surface area contributed by atoms with Crippen molar-refractivity contribution in [3.63, 3.8) is 0 Å². The molecule has 0 aromatic heterocycles. The quantitative estimate of drug-likeness (QED) is 0.879. The van der Waals surface area contributed by atoms with Gasteiger partial charge in [-0.3, -0.25) is 4.79 Å². The van der Waals surface area contributed by atoms with E-state index in [0.717, 1.165) is 11.1 Å². The minimum absolute atomic E-state index is 0.141. The fourth-order valence-electron chi connectivity index (χ4n) is 2.06. The molecular formula is C16H18N2O3S. The lowest BCUT2D eigenvalue weighted by Crippen LogP contribution is -2.22. The monoisotopic (exact) mass is 318 g/mol. The summed E-state index contributed by atoms with van der Waals surface area (Å²) in [7, 11) is -3.53. The molecule has 22 heavy (non-hydrogen) atoms. The van der Waals surface area contributed by atoms with E-state index in [4.69, 9.17) is 5.14 Å². The first kappa shape index (κ1) is 16.2. The lowest BCUT2D eigenvalue weighted by molar-refractivity contribution is 0.0951. The van der Waals surface area contributed by atoms with E-state index in [1.165, 1.54) is 0 Å². The molecule has 2 rings (SSSR count). The summed E-state index contributed by atoms with van der Waals surface area (Å²) in [5, 5.41) is 7.82. The van der Waals surface area contributed by atoms with Gasteiger partial charge in [-0.2, -0.15) is 0 Å². The highest BCUT2D eigenvalue weighted by atomic mass is 32.2. The van der Waals surface area contributed by atoms with Crippen LogP contribution in [0.5, 0.6) is 0 Å². The van der Waals surface area contributed by atoms with Gasteiger partial charge in [0.05, 0.1) is 5.75 Å². The second-order valence-electron chi connectivity index (χ2n) is 5.18. The van der Waals surface area contributed by atoms with Gasteiger partial charge in [-0.05, 0) is 30.2 Å². The van der Waals surface area contributed by atoms with Crippen molar-refractivity contribution >= 4 is 15.9 Å². The summed E-state index contributed by atoms with van der Waals surface area (Å²) in [4.78, 5) is 12.0. The minimum atomic E-state index is -3.53. The van der Waals surface area contributed by atoms with Gasteiger partial charge in [0.25, 0.3) is 5.91 Å². The zero-order valence-electron chi connectivity index (χ0n) is 12.2. The Labute approximate surface area is 130 Å². The molecule has 0 radical (unpaired) electrons. The van der Waals surface area contributed by atoms with E-state index in [2.05, 4.69) is 5.32 Å². The minimum Gasteiger partial charge on any atom is -0.348 e. The molecule has 6 heteroatoms. The summed E-state index contributed by atoms with van der Waals surface area (Å²) in [5.41, 5.74) is 3.15. The zero-order chi connectivity index (χ0) is 16.2. The highest BCUT2D eigenvalue weighted by Gasteiger charge is 2.07. The maximum Gasteiger partial charge on any atom is 0.251 e. The van der Waals surface area contributed by atoms with Crippen molar-refractivity contribution < 1.29 is 13.2 Å². The van der Waals surface area contributed by atoms with Gasteiger partial charge in [0, 0.05) is 12.1 Å². The van der Waals surface area contributed by atoms with Crippen molar-refractivity contribution in [2.24, 2.45) is 5.14 Å². The summed E-state index contributed by atoms with van der Waals surface area (Å²) in [6.07, 6.45) is 0. The van der Waals surface area contributed by atoms with E-state index in [9.17, 15) is 13.2 Å². The molecule has 116 valence electrons. The molecular weight excluding hydrogens is 300 g/mol. The van der Waals surface area contributed by atoms with Crippen LogP contribution in [-0.2, 0) is 22.3 Å². The molecule has 2 aromatic carbocycles. The van der Waals surface area contributed by atoms with Crippen LogP contribution in [0.2, 0.25) is 0 Å². The summed E-state index contributed by atoms with van der Waals surface area (Å²) in [6, 6.07) is 14.3. The van der Waals surface area contributed by atoms with Crippen molar-refractivity contribution in [1.29, 1.82) is 0 Å². The first-order valence-corrected chi connectivity index (χ1v) is 8.48. The average molecular weight is 318 g/mol. The summed E-state index contributed by atoms with van der Waals surface area (Å²) < 4.78 is 22.0. The maximum atomic E-state index is 12.0. The van der Waals surface area contributed by atoms with Gasteiger partial charge in [-0.1, -0.05) is 42.0 Å². The number of sulfonamides is 1. The second-order valence-corrected chi connectivity index (χ2v) is 6.79. The Kier molecular flexibility index (Phi) is 4.95. The van der Waals surface area contributed by atoms with Crippen LogP contribution in [-0.4, -0.2) is 14.3 Å². The molecule has 0 unspecified atom stereocenters. The molecule has 2 aromatic rings. The van der Waals surface area contributed by atoms with Crippen LogP contribution in [0.3, 0.4) is 0 Å². The highest BCUT2D eigenvalue weighted by Crippen LogP contribution is 2.08. The Morgan fingerprint density at radius 3 is 2.32 bits per heavy atom. The van der Waals surface area contributed by atoms with Gasteiger partial charge in [0.1, 0.15) is 0 Å². The predicted octanol–water partition coefficient (Wildman–Crippen LogP) is 1.71. The van der Waals surface area contributed by atoms with Crippen molar-refractivity contribution in [3.8, 4) is 0 Å². The Hall–Kier alpha value is -2.18. The van der Waals surface area contributed by atoms with Crippen LogP contribution in [0.25, 0.3) is 0 Å². The number of benzene rings is 2. The van der Waals surface area contributed by atoms with E-state index in [1.807, 2.05) is 25.1 Å². The second kappa shape index (κ2) is 6.72. The average Bonchev–Trinajstić information content (AvgIpc) is 2.44. The molecule has 0 heterocycles. The molecule has 0 saturated heterocycles. The zero-order valence-corrected chi connectivity index (χ0v) is 13.1. The van der Waals surface area contributed by atoms with Gasteiger partial charge in [0.15, 0.2) is 0 Å². The van der Waals surface area contributed by atoms with E-state index < -0.39 is 10.0 Å². The third kappa shape index (κ3) is 4.98. The number of nitrogens with one attached hydrogen (secondary N) is 1. The number of carbonyl (C=O) groups excluding carboxylic acids is 1. The Bertz CT molecular complexity index is 768. The normalized spacial score (nSPS) is 11.2. The van der Waals surface area contributed by atoms with Gasteiger partial charge in [0.2, 0.25) is 10.0 Å². The van der Waals surface area contributed by atoms with E-state index >= 15 is 0 Å². The molecule has 0 aliphatic rings. The van der Waals surface area contributed by atoms with Crippen LogP contribution in [0.4, 0.5) is 0 Å². The highest BCUT2D eigenvalue weighted by molar-refractivity contribution is 7.88. The molecule has 5 nitrogen and oxygen atoms in total. The topological polar surface area (TPSA) is 89.3 Å². The number of aryl methyl sites for hydroxylation is 1. The van der Waals surface area contributed by atoms with Crippen LogP contribution >= 0.6 is 0 Å². The Morgan fingerprint density at radius 1 is 1.09 bits per heavy atom. The summed E-state index contributed by atoms with van der Waals surface area (Å²) in [5.74, 6) is -0.333. The number of primary sulfonamides is 1. The van der Waals surface area contributed by atoms with Crippen LogP contribution < -0.4 is 10.5 Å². The molecule has 0 atom stereocenters. The van der Waals surface area contributed by atoms with E-state index in [1.54, 1.807) is 30.3 Å². The van der Waals surface area contributed by atoms with Gasteiger partial charge in [-0.15, -0.1) is 0 Å². The van der Waals surface area contributed by atoms with Gasteiger partial charge in [-0.25, -0.2) is 13.6 Å². The number of hydrogen-bond donors (Lipinski definition) is 2. The van der Waals surface area contributed by atoms with Gasteiger partial charge < -0.3 is 5.32 Å². The Morgan fingerprint density at radius 2 is 1.73 bits per heavy atom. The summed E-state index contributed by atoms with van der Waals surface area (Å²) >= 11 is 0. The Balaban J connectivity index is 1.96. The van der Waals surface area contributed by atoms with Crippen molar-refractivity contribution in [2.75, 3.05) is 0 Å². The lowest BCUT2D eigenvalue weighted by Gasteiger charge is -2.07. The molecule has 0 bridgehead atoms. The SMILES string of the molecule is Cc1cccc(C(=O)NCc2ccc(CS(N)(=O)=O)cc2)c1. The number of nitrogens with two attached hydrogens (primary N) is 1. The fraction of sp³-hybridized carbons (Fsp3) is 0.188. The summed E-state index contributed by atoms with van der Waals surface area (Å²) in [6.45, 7) is 2.31. The van der Waals surface area contributed by atoms with Crippen LogP contribution in [0, 0.1) is 6.92 Å². The maximum absolute atomic E-state index is 12.0. The molecule has 0 aliphatic heterocycles. The van der Waals surface area contributed by atoms with E-state index in [0.29, 0.717) is 17.7 Å². The van der Waals surface area contributed by atoms with Crippen LogP contribution in [0.1, 0.15) is 27.0 Å². The van der Waals surface area contributed by atoms with Crippen molar-refractivity contribution in [1.82, 2.24) is 5.32 Å². The molecule has 1 amide bonds. The molecule has 0 saturated carbocycles. The first-order valence-electron chi connectivity index (χ1n) is 6.77. The molecule has 0 spiro atoms. The van der Waals surface area contributed by atoms with Crippen LogP contribution in [0.15, 0.2) is 48.5 Å². The fourth-order valence-corrected chi connectivity index (χ4v) is 2.71. The largest absolute Gasteiger partial charge is 0.348 e. The third-order valence-electron chi connectivity index (χ3n) is 3.12. The number of hydrogen-bond acceptors (Lipinski definition) is 3. The lowest BCUT2D eigenvalue weighted by atomic mass is 10.1. The number of rotatable bonds is 5. The van der Waals surface area contributed by atoms with E-state index in [-0.39, 0.29) is 11.7 Å². The van der Waals surface area contributed by atoms with Crippen molar-refractivity contribution in [3.05, 3.63) is 70.8 Å². The predicted molar refractivity (Wildman–Crippen MR) is 85.6 cm³/mol. The third-order valence-corrected chi connectivity index (χ3v) is 3.86. The molecule has 0 aliphatic carbocycles. The molecule has 3 N–H and O–H groups in total. The first-order chi connectivity index (χ1) is 10.3.